The normalized spacial score (nSPS) is 13.6. The maximum atomic E-state index is 2.61. The van der Waals surface area contributed by atoms with E-state index < -0.39 is 0 Å². The summed E-state index contributed by atoms with van der Waals surface area (Å²) < 4.78 is 2.61. The molecule has 2 aliphatic rings. The number of nitrogens with zero attached hydrogens (tertiary/aromatic N) is 3. The first-order valence-corrected chi connectivity index (χ1v) is 14.2. The maximum Gasteiger partial charge on any atom is 0.501 e. The van der Waals surface area contributed by atoms with Crippen LogP contribution in [0.4, 0.5) is 28.4 Å². The summed E-state index contributed by atoms with van der Waals surface area (Å²) >= 11 is 0. The molecule has 3 nitrogen and oxygen atoms in total. The Labute approximate surface area is 242 Å². The Kier molecular flexibility index (Phi) is 5.67. The smallest absolute Gasteiger partial charge is 0.413 e. The van der Waals surface area contributed by atoms with Crippen molar-refractivity contribution >= 4 is 53.3 Å². The minimum absolute atomic E-state index is 0.0452. The Hall–Kier alpha value is -5.15. The van der Waals surface area contributed by atoms with Crippen LogP contribution in [0.1, 0.15) is 0 Å². The van der Waals surface area contributed by atoms with Crippen LogP contribution in [0.2, 0.25) is 0 Å². The van der Waals surface area contributed by atoms with Gasteiger partial charge < -0.3 is 14.3 Å². The lowest BCUT2D eigenvalue weighted by atomic mass is 9.43. The van der Waals surface area contributed by atoms with Crippen molar-refractivity contribution in [1.82, 2.24) is 0 Å². The molecule has 2 aliphatic heterocycles. The molecule has 0 aromatic heterocycles. The highest BCUT2D eigenvalue weighted by Gasteiger charge is 2.52. The predicted molar refractivity (Wildman–Crippen MR) is 175 cm³/mol. The van der Waals surface area contributed by atoms with Gasteiger partial charge in [-0.3, -0.25) is 0 Å². The third-order valence-corrected chi connectivity index (χ3v) is 8.30. The maximum absolute atomic E-state index is 2.61. The zero-order valence-electron chi connectivity index (χ0n) is 22.6. The Morgan fingerprint density at radius 2 is 0.854 bits per heavy atom. The second-order valence-electron chi connectivity index (χ2n) is 10.6. The second kappa shape index (κ2) is 9.79. The molecule has 6 aromatic rings. The van der Waals surface area contributed by atoms with Crippen LogP contribution in [0.3, 0.4) is 0 Å². The van der Waals surface area contributed by atoms with Crippen molar-refractivity contribution in [3.05, 3.63) is 164 Å². The van der Waals surface area contributed by atoms with Crippen molar-refractivity contribution in [2.24, 2.45) is 0 Å². The Bertz CT molecular complexity index is 1830. The fraction of sp³-hybridized carbons (Fsp3) is 0. The zero-order valence-corrected chi connectivity index (χ0v) is 22.6. The molecule has 192 valence electrons. The van der Waals surface area contributed by atoms with Crippen molar-refractivity contribution < 1.29 is 0 Å². The molecule has 0 radical (unpaired) electrons. The van der Waals surface area contributed by atoms with Crippen LogP contribution < -0.4 is 25.3 Å². The van der Waals surface area contributed by atoms with Gasteiger partial charge in [-0.15, -0.1) is 0 Å². The van der Waals surface area contributed by atoms with Gasteiger partial charge in [-0.2, -0.15) is 0 Å². The van der Waals surface area contributed by atoms with E-state index >= 15 is 0 Å². The average molecular weight is 523 g/mol. The number of fused-ring (bicyclic) bond motifs is 7. The highest BCUT2D eigenvalue weighted by molar-refractivity contribution is 7.01. The van der Waals surface area contributed by atoms with E-state index in [2.05, 4.69) is 178 Å². The van der Waals surface area contributed by atoms with Gasteiger partial charge in [-0.1, -0.05) is 127 Å². The topological polar surface area (TPSA) is 9.72 Å². The molecule has 0 aliphatic carbocycles. The largest absolute Gasteiger partial charge is 0.501 e. The molecule has 0 N–H and O–H groups in total. The van der Waals surface area contributed by atoms with Crippen molar-refractivity contribution in [1.29, 1.82) is 0 Å². The van der Waals surface area contributed by atoms with Crippen LogP contribution in [-0.4, -0.2) is 14.0 Å². The molecule has 0 fully saturated rings. The summed E-state index contributed by atoms with van der Waals surface area (Å²) in [6.07, 6.45) is 0. The fourth-order valence-corrected chi connectivity index (χ4v) is 6.63. The van der Waals surface area contributed by atoms with Gasteiger partial charge in [0.15, 0.2) is 0 Å². The molecule has 5 heteroatoms. The highest BCUT2D eigenvalue weighted by atomic mass is 15.4. The van der Waals surface area contributed by atoms with Gasteiger partial charge in [0.05, 0.1) is 11.4 Å². The van der Waals surface area contributed by atoms with Crippen LogP contribution in [-0.2, 0) is 0 Å². The molecule has 0 saturated carbocycles. The Morgan fingerprint density at radius 1 is 0.366 bits per heavy atom. The Morgan fingerprint density at radius 3 is 1.54 bits per heavy atom. The quantitative estimate of drug-likeness (QED) is 0.226. The molecule has 8 rings (SSSR count). The van der Waals surface area contributed by atoms with Gasteiger partial charge in [0, 0.05) is 22.6 Å². The minimum atomic E-state index is -0.170. The van der Waals surface area contributed by atoms with Crippen molar-refractivity contribution in [2.75, 3.05) is 14.3 Å². The number of anilines is 5. The summed E-state index contributed by atoms with van der Waals surface area (Å²) in [4.78, 5) is 5.04. The van der Waals surface area contributed by atoms with Crippen molar-refractivity contribution in [2.45, 2.75) is 0 Å². The summed E-state index contributed by atoms with van der Waals surface area (Å²) in [6, 6.07) is 59.3. The van der Waals surface area contributed by atoms with Gasteiger partial charge in [0.1, 0.15) is 0 Å². The van der Waals surface area contributed by atoms with Gasteiger partial charge in [-0.05, 0) is 53.5 Å². The van der Waals surface area contributed by atoms with Gasteiger partial charge in [0.25, 0.3) is 0 Å². The van der Waals surface area contributed by atoms with E-state index in [1.807, 2.05) is 0 Å². The SMILES string of the molecule is c1ccc(B2c3ccccc3-c3ccccc3N3B(N2c2ccccc2)N(c2ccccc2)c2ccccc23)cc1. The molecule has 0 spiro atoms. The highest BCUT2D eigenvalue weighted by Crippen LogP contribution is 2.50. The van der Waals surface area contributed by atoms with Crippen molar-refractivity contribution in [3.63, 3.8) is 0 Å². The lowest BCUT2D eigenvalue weighted by Gasteiger charge is -2.44. The third kappa shape index (κ3) is 3.77. The predicted octanol–water partition coefficient (Wildman–Crippen LogP) is 7.25. The first-order chi connectivity index (χ1) is 20.4. The van der Waals surface area contributed by atoms with Crippen molar-refractivity contribution in [3.8, 4) is 11.1 Å². The number of rotatable bonds is 3. The second-order valence-corrected chi connectivity index (χ2v) is 10.6. The van der Waals surface area contributed by atoms with Crippen LogP contribution in [0.15, 0.2) is 164 Å². The van der Waals surface area contributed by atoms with Crippen LogP contribution >= 0.6 is 0 Å². The van der Waals surface area contributed by atoms with E-state index in [0.29, 0.717) is 0 Å². The molecule has 0 bridgehead atoms. The molecular weight excluding hydrogens is 496 g/mol. The molecule has 0 unspecified atom stereocenters. The first kappa shape index (κ1) is 23.7. The van der Waals surface area contributed by atoms with Gasteiger partial charge in [0.2, 0.25) is 0 Å². The summed E-state index contributed by atoms with van der Waals surface area (Å²) in [5.74, 6) is 0. The van der Waals surface area contributed by atoms with Crippen LogP contribution in [0, 0.1) is 0 Å². The first-order valence-electron chi connectivity index (χ1n) is 14.2. The van der Waals surface area contributed by atoms with E-state index in [0.717, 1.165) is 5.69 Å². The number of benzene rings is 6. The molecule has 41 heavy (non-hydrogen) atoms. The fourth-order valence-electron chi connectivity index (χ4n) is 6.63. The average Bonchev–Trinajstić information content (AvgIpc) is 3.38. The molecule has 2 heterocycles. The standard InChI is InChI=1S/C36H27B2N3/c1-4-16-28(17-5-1)37-33-24-12-10-22-31(33)32-23-11-13-25-34(32)40-36-27-15-14-26-35(36)39(29-18-6-2-7-19-29)38(40)41(37)30-20-8-3-9-21-30/h1-27H. The number of hydrogen-bond donors (Lipinski definition) is 0. The molecule has 0 saturated heterocycles. The van der Waals surface area contributed by atoms with E-state index in [9.17, 15) is 0 Å². The van der Waals surface area contributed by atoms with E-state index in [1.165, 1.54) is 44.8 Å². The number of para-hydroxylation sites is 5. The lowest BCUT2D eigenvalue weighted by Crippen LogP contribution is -2.70. The monoisotopic (exact) mass is 523 g/mol. The van der Waals surface area contributed by atoms with E-state index in [-0.39, 0.29) is 14.0 Å². The van der Waals surface area contributed by atoms with Gasteiger partial charge in [-0.25, -0.2) is 0 Å². The van der Waals surface area contributed by atoms with Crippen LogP contribution in [0.5, 0.6) is 0 Å². The van der Waals surface area contributed by atoms with E-state index in [1.54, 1.807) is 0 Å². The summed E-state index contributed by atoms with van der Waals surface area (Å²) in [5, 5.41) is 0. The minimum Gasteiger partial charge on any atom is -0.413 e. The number of hydrogen-bond acceptors (Lipinski definition) is 3. The molecule has 6 aromatic carbocycles. The summed E-state index contributed by atoms with van der Waals surface area (Å²) in [6.45, 7) is -0.0452. The zero-order chi connectivity index (χ0) is 27.2. The van der Waals surface area contributed by atoms with Crippen LogP contribution in [0.25, 0.3) is 11.1 Å². The molecule has 0 atom stereocenters. The molecule has 0 amide bonds. The molecular formula is C36H27B2N3. The summed E-state index contributed by atoms with van der Waals surface area (Å²) in [5.41, 5.74) is 11.0. The third-order valence-electron chi connectivity index (χ3n) is 8.30. The lowest BCUT2D eigenvalue weighted by molar-refractivity contribution is 1.31. The Balaban J connectivity index is 1.52. The van der Waals surface area contributed by atoms with Gasteiger partial charge >= 0.3 is 14.0 Å². The van der Waals surface area contributed by atoms with E-state index in [4.69, 9.17) is 0 Å². The summed E-state index contributed by atoms with van der Waals surface area (Å²) in [7, 11) is -0.170.